The van der Waals surface area contributed by atoms with Crippen LogP contribution in [0, 0.1) is 0 Å². The lowest BCUT2D eigenvalue weighted by Crippen LogP contribution is -2.05. The number of aldehydes is 1. The van der Waals surface area contributed by atoms with Crippen molar-refractivity contribution in [3.63, 3.8) is 0 Å². The molecule has 0 saturated heterocycles. The van der Waals surface area contributed by atoms with Gasteiger partial charge in [-0.2, -0.15) is 0 Å². The molecule has 0 aliphatic carbocycles. The molecular weight excluding hydrogens is 280 g/mol. The molecule has 5 nitrogen and oxygen atoms in total. The molecular formula is C14H13ClN2O3. The molecule has 0 spiro atoms. The van der Waals surface area contributed by atoms with Crippen LogP contribution < -0.4 is 0 Å². The minimum Gasteiger partial charge on any atom is -0.462 e. The first-order chi connectivity index (χ1) is 9.63. The van der Waals surface area contributed by atoms with Gasteiger partial charge >= 0.3 is 5.97 Å². The van der Waals surface area contributed by atoms with Gasteiger partial charge in [0.25, 0.3) is 0 Å². The lowest BCUT2D eigenvalue weighted by molar-refractivity contribution is 0.0526. The second-order valence-electron chi connectivity index (χ2n) is 4.11. The fourth-order valence-electron chi connectivity index (χ4n) is 1.74. The molecule has 1 heterocycles. The second kappa shape index (κ2) is 6.34. The molecule has 0 aliphatic rings. The first-order valence-electron chi connectivity index (χ1n) is 6.08. The molecule has 1 aromatic heterocycles. The maximum absolute atomic E-state index is 11.6. The number of ether oxygens (including phenoxy) is 1. The van der Waals surface area contributed by atoms with E-state index in [-0.39, 0.29) is 0 Å². The van der Waals surface area contributed by atoms with Crippen LogP contribution in [0.5, 0.6) is 0 Å². The first kappa shape index (κ1) is 14.3. The average molecular weight is 293 g/mol. The van der Waals surface area contributed by atoms with E-state index in [1.807, 2.05) is 0 Å². The lowest BCUT2D eigenvalue weighted by atomic mass is 10.1. The number of rotatable bonds is 5. The number of benzene rings is 1. The summed E-state index contributed by atoms with van der Waals surface area (Å²) in [6.07, 6.45) is 2.61. The minimum absolute atomic E-state index is 0.319. The molecule has 2 rings (SSSR count). The van der Waals surface area contributed by atoms with Crippen LogP contribution in [0.4, 0.5) is 0 Å². The standard InChI is InChI=1S/C14H13ClN2O3/c1-2-20-14(19)10-4-3-9(12(15)5-10)6-13-16-7-11(8-18)17-13/h3-5,7-8H,2,6H2,1H3,(H,16,17). The van der Waals surface area contributed by atoms with Crippen molar-refractivity contribution in [2.75, 3.05) is 6.61 Å². The Morgan fingerprint density at radius 1 is 1.50 bits per heavy atom. The van der Waals surface area contributed by atoms with Gasteiger partial charge in [-0.1, -0.05) is 17.7 Å². The van der Waals surface area contributed by atoms with E-state index in [0.29, 0.717) is 41.4 Å². The fraction of sp³-hybridized carbons (Fsp3) is 0.214. The molecule has 20 heavy (non-hydrogen) atoms. The van der Waals surface area contributed by atoms with Crippen molar-refractivity contribution in [2.45, 2.75) is 13.3 Å². The smallest absolute Gasteiger partial charge is 0.338 e. The summed E-state index contributed by atoms with van der Waals surface area (Å²) >= 11 is 6.15. The molecule has 0 aliphatic heterocycles. The Bertz CT molecular complexity index is 637. The van der Waals surface area contributed by atoms with E-state index in [9.17, 15) is 9.59 Å². The number of hydrogen-bond donors (Lipinski definition) is 1. The molecule has 0 atom stereocenters. The van der Waals surface area contributed by atoms with Crippen LogP contribution in [0.1, 0.15) is 39.2 Å². The number of halogens is 1. The van der Waals surface area contributed by atoms with Crippen LogP contribution in [0.2, 0.25) is 5.02 Å². The van der Waals surface area contributed by atoms with Crippen LogP contribution in [-0.4, -0.2) is 28.8 Å². The van der Waals surface area contributed by atoms with Crippen molar-refractivity contribution < 1.29 is 14.3 Å². The Kier molecular flexibility index (Phi) is 4.53. The normalized spacial score (nSPS) is 10.3. The molecule has 0 unspecified atom stereocenters. The predicted octanol–water partition coefficient (Wildman–Crippen LogP) is 2.64. The van der Waals surface area contributed by atoms with Crippen molar-refractivity contribution >= 4 is 23.9 Å². The SMILES string of the molecule is CCOC(=O)c1ccc(Cc2ncc(C=O)[nH]2)c(Cl)c1. The van der Waals surface area contributed by atoms with E-state index >= 15 is 0 Å². The van der Waals surface area contributed by atoms with E-state index in [2.05, 4.69) is 9.97 Å². The van der Waals surface area contributed by atoms with Crippen LogP contribution in [0.15, 0.2) is 24.4 Å². The van der Waals surface area contributed by atoms with E-state index < -0.39 is 5.97 Å². The van der Waals surface area contributed by atoms with Crippen LogP contribution in [0.3, 0.4) is 0 Å². The third-order valence-corrected chi connectivity index (χ3v) is 3.05. The van der Waals surface area contributed by atoms with Gasteiger partial charge in [0, 0.05) is 11.4 Å². The number of hydrogen-bond acceptors (Lipinski definition) is 4. The average Bonchev–Trinajstić information content (AvgIpc) is 2.89. The largest absolute Gasteiger partial charge is 0.462 e. The van der Waals surface area contributed by atoms with Gasteiger partial charge in [-0.25, -0.2) is 9.78 Å². The zero-order valence-electron chi connectivity index (χ0n) is 10.9. The summed E-state index contributed by atoms with van der Waals surface area (Å²) in [6, 6.07) is 4.97. The Morgan fingerprint density at radius 2 is 2.30 bits per heavy atom. The Balaban J connectivity index is 2.17. The third-order valence-electron chi connectivity index (χ3n) is 2.70. The molecule has 0 fully saturated rings. The second-order valence-corrected chi connectivity index (χ2v) is 4.51. The summed E-state index contributed by atoms with van der Waals surface area (Å²) in [5.74, 6) is 0.236. The monoisotopic (exact) mass is 292 g/mol. The zero-order chi connectivity index (χ0) is 14.5. The van der Waals surface area contributed by atoms with Gasteiger partial charge in [0.1, 0.15) is 5.82 Å². The molecule has 0 amide bonds. The summed E-state index contributed by atoms with van der Waals surface area (Å²) in [6.45, 7) is 2.06. The number of esters is 1. The number of aromatic nitrogens is 2. The zero-order valence-corrected chi connectivity index (χ0v) is 11.6. The van der Waals surface area contributed by atoms with Crippen molar-refractivity contribution in [1.29, 1.82) is 0 Å². The highest BCUT2D eigenvalue weighted by atomic mass is 35.5. The minimum atomic E-state index is -0.401. The van der Waals surface area contributed by atoms with Gasteiger partial charge in [0.15, 0.2) is 6.29 Å². The summed E-state index contributed by atoms with van der Waals surface area (Å²) in [7, 11) is 0. The molecule has 0 saturated carbocycles. The van der Waals surface area contributed by atoms with Crippen LogP contribution in [0.25, 0.3) is 0 Å². The summed E-state index contributed by atoms with van der Waals surface area (Å²) in [4.78, 5) is 29.1. The Morgan fingerprint density at radius 3 is 2.90 bits per heavy atom. The Labute approximate surface area is 120 Å². The predicted molar refractivity (Wildman–Crippen MR) is 74.2 cm³/mol. The molecule has 104 valence electrons. The van der Waals surface area contributed by atoms with Gasteiger partial charge < -0.3 is 9.72 Å². The number of carbonyl (C=O) groups is 2. The number of aromatic amines is 1. The number of imidazole rings is 1. The molecule has 1 N–H and O–H groups in total. The molecule has 1 aromatic carbocycles. The van der Waals surface area contributed by atoms with Crippen molar-refractivity contribution in [1.82, 2.24) is 9.97 Å². The van der Waals surface area contributed by atoms with Gasteiger partial charge in [-0.3, -0.25) is 4.79 Å². The highest BCUT2D eigenvalue weighted by Gasteiger charge is 2.11. The Hall–Kier alpha value is -2.14. The van der Waals surface area contributed by atoms with Crippen LogP contribution in [-0.2, 0) is 11.2 Å². The highest BCUT2D eigenvalue weighted by molar-refractivity contribution is 6.31. The van der Waals surface area contributed by atoms with E-state index in [1.165, 1.54) is 6.20 Å². The van der Waals surface area contributed by atoms with E-state index in [4.69, 9.17) is 16.3 Å². The van der Waals surface area contributed by atoms with Crippen molar-refractivity contribution in [3.8, 4) is 0 Å². The molecule has 0 bridgehead atoms. The number of nitrogens with zero attached hydrogens (tertiary/aromatic N) is 1. The lowest BCUT2D eigenvalue weighted by Gasteiger charge is -2.06. The fourth-order valence-corrected chi connectivity index (χ4v) is 1.99. The molecule has 0 radical (unpaired) electrons. The molecule has 2 aromatic rings. The summed E-state index contributed by atoms with van der Waals surface area (Å²) in [5.41, 5.74) is 1.64. The maximum atomic E-state index is 11.6. The van der Waals surface area contributed by atoms with Gasteiger partial charge in [0.2, 0.25) is 0 Å². The third kappa shape index (κ3) is 3.24. The van der Waals surface area contributed by atoms with E-state index in [1.54, 1.807) is 25.1 Å². The number of nitrogens with one attached hydrogen (secondary N) is 1. The quantitative estimate of drug-likeness (QED) is 0.679. The number of H-pyrrole nitrogens is 1. The summed E-state index contributed by atoms with van der Waals surface area (Å²) in [5, 5.41) is 0.458. The first-order valence-corrected chi connectivity index (χ1v) is 6.46. The van der Waals surface area contributed by atoms with E-state index in [0.717, 1.165) is 5.56 Å². The van der Waals surface area contributed by atoms with Gasteiger partial charge in [-0.15, -0.1) is 0 Å². The van der Waals surface area contributed by atoms with Gasteiger partial charge in [0.05, 0.1) is 24.1 Å². The summed E-state index contributed by atoms with van der Waals surface area (Å²) < 4.78 is 4.90. The maximum Gasteiger partial charge on any atom is 0.338 e. The van der Waals surface area contributed by atoms with Gasteiger partial charge in [-0.05, 0) is 24.6 Å². The van der Waals surface area contributed by atoms with Crippen LogP contribution >= 0.6 is 11.6 Å². The highest BCUT2D eigenvalue weighted by Crippen LogP contribution is 2.20. The van der Waals surface area contributed by atoms with Crippen molar-refractivity contribution in [2.24, 2.45) is 0 Å². The molecule has 6 heteroatoms. The van der Waals surface area contributed by atoms with Crippen molar-refractivity contribution in [3.05, 3.63) is 52.1 Å². The topological polar surface area (TPSA) is 72.0 Å². The number of carbonyl (C=O) groups excluding carboxylic acids is 2.